The lowest BCUT2D eigenvalue weighted by molar-refractivity contribution is 0.0392. The van der Waals surface area contributed by atoms with Crippen molar-refractivity contribution in [3.8, 4) is 11.4 Å². The van der Waals surface area contributed by atoms with Gasteiger partial charge >= 0.3 is 0 Å². The molecule has 168 valence electrons. The van der Waals surface area contributed by atoms with Crippen molar-refractivity contribution in [3.63, 3.8) is 0 Å². The molecule has 3 aromatic rings. The van der Waals surface area contributed by atoms with Crippen LogP contribution in [0.1, 0.15) is 28.8 Å². The van der Waals surface area contributed by atoms with Gasteiger partial charge in [-0.15, -0.1) is 0 Å². The number of hydrogen-bond donors (Lipinski definition) is 1. The van der Waals surface area contributed by atoms with Crippen molar-refractivity contribution >= 4 is 5.91 Å². The second-order valence-electron chi connectivity index (χ2n) is 7.89. The van der Waals surface area contributed by atoms with E-state index in [-0.39, 0.29) is 5.91 Å². The zero-order valence-corrected chi connectivity index (χ0v) is 18.3. The van der Waals surface area contributed by atoms with Gasteiger partial charge in [-0.3, -0.25) is 9.69 Å². The minimum atomic E-state index is -0.125. The van der Waals surface area contributed by atoms with Crippen LogP contribution in [0.4, 0.5) is 0 Å². The number of likely N-dealkylation sites (N-methyl/N-ethyl adjacent to an activating group) is 1. The average molecular weight is 436 g/mol. The molecular formula is C24H29N5O3. The van der Waals surface area contributed by atoms with Gasteiger partial charge in [-0.1, -0.05) is 12.1 Å². The highest BCUT2D eigenvalue weighted by Gasteiger charge is 2.18. The fourth-order valence-corrected chi connectivity index (χ4v) is 3.75. The van der Waals surface area contributed by atoms with Crippen molar-refractivity contribution in [2.45, 2.75) is 25.4 Å². The third kappa shape index (κ3) is 5.93. The van der Waals surface area contributed by atoms with Crippen molar-refractivity contribution < 1.29 is 14.3 Å². The number of rotatable bonds is 9. The molecule has 1 saturated heterocycles. The van der Waals surface area contributed by atoms with Crippen LogP contribution in [0.25, 0.3) is 5.69 Å². The summed E-state index contributed by atoms with van der Waals surface area (Å²) < 4.78 is 13.0. The quantitative estimate of drug-likeness (QED) is 0.557. The molecule has 0 bridgehead atoms. The number of aromatic nitrogens is 3. The van der Waals surface area contributed by atoms with Crippen molar-refractivity contribution in [3.05, 3.63) is 72.3 Å². The van der Waals surface area contributed by atoms with Gasteiger partial charge in [0.2, 0.25) is 0 Å². The van der Waals surface area contributed by atoms with E-state index in [2.05, 4.69) is 27.3 Å². The molecule has 0 unspecified atom stereocenters. The predicted octanol–water partition coefficient (Wildman–Crippen LogP) is 2.69. The van der Waals surface area contributed by atoms with E-state index in [0.29, 0.717) is 24.8 Å². The topological polar surface area (TPSA) is 81.5 Å². The van der Waals surface area contributed by atoms with Crippen LogP contribution in [0.2, 0.25) is 0 Å². The Morgan fingerprint density at radius 1 is 1.22 bits per heavy atom. The minimum Gasteiger partial charge on any atom is -0.492 e. The third-order valence-electron chi connectivity index (χ3n) is 5.69. The van der Waals surface area contributed by atoms with Gasteiger partial charge in [-0.25, -0.2) is 9.67 Å². The van der Waals surface area contributed by atoms with Gasteiger partial charge in [0.05, 0.1) is 5.69 Å². The normalized spacial score (nSPS) is 14.4. The third-order valence-corrected chi connectivity index (χ3v) is 5.69. The molecule has 8 heteroatoms. The molecule has 32 heavy (non-hydrogen) atoms. The Balaban J connectivity index is 1.24. The van der Waals surface area contributed by atoms with Gasteiger partial charge < -0.3 is 14.8 Å². The molecule has 0 aliphatic carbocycles. The molecule has 0 radical (unpaired) electrons. The van der Waals surface area contributed by atoms with E-state index >= 15 is 0 Å². The van der Waals surface area contributed by atoms with Gasteiger partial charge in [0.25, 0.3) is 5.91 Å². The maximum atomic E-state index is 12.5. The first-order valence-electron chi connectivity index (χ1n) is 10.9. The molecule has 1 fully saturated rings. The van der Waals surface area contributed by atoms with Crippen molar-refractivity contribution in [1.82, 2.24) is 25.0 Å². The Kier molecular flexibility index (Phi) is 7.47. The summed E-state index contributed by atoms with van der Waals surface area (Å²) in [5.41, 5.74) is 2.44. The summed E-state index contributed by atoms with van der Waals surface area (Å²) in [5, 5.41) is 7.05. The lowest BCUT2D eigenvalue weighted by atomic mass is 10.1. The highest BCUT2D eigenvalue weighted by Crippen LogP contribution is 2.15. The number of ether oxygens (including phenoxy) is 2. The molecule has 1 N–H and O–H groups in total. The molecule has 8 nitrogen and oxygen atoms in total. The molecule has 0 spiro atoms. The highest BCUT2D eigenvalue weighted by molar-refractivity contribution is 5.94. The maximum Gasteiger partial charge on any atom is 0.251 e. The fourth-order valence-electron chi connectivity index (χ4n) is 3.75. The van der Waals surface area contributed by atoms with E-state index < -0.39 is 0 Å². The van der Waals surface area contributed by atoms with Crippen LogP contribution in [-0.2, 0) is 11.3 Å². The standard InChI is InChI=1S/C24H29N5O3/c1-28(21-9-12-31-13-10-21)11-14-32-23-4-2-3-19(15-23)16-26-24(30)20-5-7-22(8-6-20)29-18-25-17-27-29/h2-8,15,17-18,21H,9-14,16H2,1H3,(H,26,30). The number of benzene rings is 2. The van der Waals surface area contributed by atoms with Gasteiger partial charge in [0.15, 0.2) is 0 Å². The van der Waals surface area contributed by atoms with Gasteiger partial charge in [-0.05, 0) is 61.9 Å². The molecule has 1 amide bonds. The summed E-state index contributed by atoms with van der Waals surface area (Å²) in [6, 6.07) is 15.7. The Morgan fingerprint density at radius 2 is 2.03 bits per heavy atom. The fraction of sp³-hybridized carbons (Fsp3) is 0.375. The van der Waals surface area contributed by atoms with E-state index in [0.717, 1.165) is 49.6 Å². The summed E-state index contributed by atoms with van der Waals surface area (Å²) in [6.07, 6.45) is 5.25. The smallest absolute Gasteiger partial charge is 0.251 e. The largest absolute Gasteiger partial charge is 0.492 e. The second kappa shape index (κ2) is 10.9. The lowest BCUT2D eigenvalue weighted by Gasteiger charge is -2.31. The number of nitrogens with one attached hydrogen (secondary N) is 1. The van der Waals surface area contributed by atoms with E-state index in [9.17, 15) is 4.79 Å². The predicted molar refractivity (Wildman–Crippen MR) is 121 cm³/mol. The van der Waals surface area contributed by atoms with E-state index in [1.54, 1.807) is 23.1 Å². The van der Waals surface area contributed by atoms with Crippen LogP contribution < -0.4 is 10.1 Å². The van der Waals surface area contributed by atoms with Crippen molar-refractivity contribution in [2.75, 3.05) is 33.4 Å². The second-order valence-corrected chi connectivity index (χ2v) is 7.89. The SMILES string of the molecule is CN(CCOc1cccc(CNC(=O)c2ccc(-n3cncn3)cc2)c1)C1CCOCC1. The van der Waals surface area contributed by atoms with Gasteiger partial charge in [0, 0.05) is 37.9 Å². The van der Waals surface area contributed by atoms with Crippen LogP contribution in [-0.4, -0.2) is 65.0 Å². The first kappa shape index (κ1) is 22.0. The molecule has 1 aromatic heterocycles. The van der Waals surface area contributed by atoms with Crippen LogP contribution in [0.15, 0.2) is 61.2 Å². The Hall–Kier alpha value is -3.23. The monoisotopic (exact) mass is 435 g/mol. The first-order valence-corrected chi connectivity index (χ1v) is 10.9. The number of carbonyl (C=O) groups is 1. The van der Waals surface area contributed by atoms with Gasteiger partial charge in [0.1, 0.15) is 25.0 Å². The van der Waals surface area contributed by atoms with Crippen LogP contribution in [0.3, 0.4) is 0 Å². The Labute approximate surface area is 188 Å². The van der Waals surface area contributed by atoms with Gasteiger partial charge in [-0.2, -0.15) is 5.10 Å². The molecule has 1 aliphatic rings. The van der Waals surface area contributed by atoms with E-state index in [1.165, 1.54) is 6.33 Å². The summed E-state index contributed by atoms with van der Waals surface area (Å²) >= 11 is 0. The Morgan fingerprint density at radius 3 is 2.78 bits per heavy atom. The number of amides is 1. The number of carbonyl (C=O) groups excluding carboxylic acids is 1. The van der Waals surface area contributed by atoms with E-state index in [4.69, 9.17) is 9.47 Å². The Bertz CT molecular complexity index is 985. The maximum absolute atomic E-state index is 12.5. The number of nitrogens with zero attached hydrogens (tertiary/aromatic N) is 4. The molecular weight excluding hydrogens is 406 g/mol. The highest BCUT2D eigenvalue weighted by atomic mass is 16.5. The van der Waals surface area contributed by atoms with Crippen molar-refractivity contribution in [1.29, 1.82) is 0 Å². The molecule has 4 rings (SSSR count). The van der Waals surface area contributed by atoms with Crippen LogP contribution in [0.5, 0.6) is 5.75 Å². The summed E-state index contributed by atoms with van der Waals surface area (Å²) in [7, 11) is 2.14. The molecule has 2 heterocycles. The summed E-state index contributed by atoms with van der Waals surface area (Å²) in [5.74, 6) is 0.689. The summed E-state index contributed by atoms with van der Waals surface area (Å²) in [4.78, 5) is 18.8. The molecule has 1 aliphatic heterocycles. The molecule has 0 atom stereocenters. The molecule has 2 aromatic carbocycles. The van der Waals surface area contributed by atoms with Crippen LogP contribution in [0, 0.1) is 0 Å². The zero-order valence-electron chi connectivity index (χ0n) is 18.3. The van der Waals surface area contributed by atoms with Crippen LogP contribution >= 0.6 is 0 Å². The number of hydrogen-bond acceptors (Lipinski definition) is 6. The lowest BCUT2D eigenvalue weighted by Crippen LogP contribution is -2.38. The zero-order chi connectivity index (χ0) is 22.2. The average Bonchev–Trinajstić information content (AvgIpc) is 3.38. The van der Waals surface area contributed by atoms with Crippen molar-refractivity contribution in [2.24, 2.45) is 0 Å². The van der Waals surface area contributed by atoms with E-state index in [1.807, 2.05) is 36.4 Å². The first-order chi connectivity index (χ1) is 15.7. The minimum absolute atomic E-state index is 0.125. The summed E-state index contributed by atoms with van der Waals surface area (Å²) in [6.45, 7) is 3.62. The molecule has 0 saturated carbocycles.